The van der Waals surface area contributed by atoms with Crippen LogP contribution in [0.25, 0.3) is 12.2 Å². The number of carbonyl (C=O) groups excluding carboxylic acids is 1. The Morgan fingerprint density at radius 3 is 1.83 bits per heavy atom. The second kappa shape index (κ2) is 5.74. The summed E-state index contributed by atoms with van der Waals surface area (Å²) in [5.41, 5.74) is 10.2. The molecule has 24 heavy (non-hydrogen) atoms. The molecule has 0 saturated carbocycles. The minimum atomic E-state index is -0.523. The van der Waals surface area contributed by atoms with Crippen LogP contribution in [0.5, 0.6) is 0 Å². The smallest absolute Gasteiger partial charge is 0.251 e. The van der Waals surface area contributed by atoms with E-state index in [9.17, 15) is 4.79 Å². The highest BCUT2D eigenvalue weighted by Crippen LogP contribution is 2.37. The first-order valence-electron chi connectivity index (χ1n) is 7.72. The van der Waals surface area contributed by atoms with E-state index in [0.29, 0.717) is 11.4 Å². The summed E-state index contributed by atoms with van der Waals surface area (Å²) in [6.45, 7) is 0. The minimum absolute atomic E-state index is 0.0886. The van der Waals surface area contributed by atoms with E-state index in [0.717, 1.165) is 22.3 Å². The van der Waals surface area contributed by atoms with Crippen LogP contribution >= 0.6 is 0 Å². The van der Waals surface area contributed by atoms with Crippen LogP contribution in [0.4, 0.5) is 0 Å². The zero-order valence-electron chi connectivity index (χ0n) is 12.9. The van der Waals surface area contributed by atoms with Crippen molar-refractivity contribution in [3.8, 4) is 0 Å². The molecule has 0 atom stereocenters. The normalized spacial score (nSPS) is 13.0. The van der Waals surface area contributed by atoms with Gasteiger partial charge in [0.1, 0.15) is 5.82 Å². The summed E-state index contributed by atoms with van der Waals surface area (Å²) in [7, 11) is 0. The van der Waals surface area contributed by atoms with Crippen LogP contribution in [0, 0.1) is 0 Å². The number of fused-ring (bicyclic) bond motifs is 2. The molecule has 116 valence electrons. The number of primary amides is 1. The third kappa shape index (κ3) is 2.38. The van der Waals surface area contributed by atoms with Gasteiger partial charge in [0.05, 0.1) is 11.5 Å². The fourth-order valence-electron chi connectivity index (χ4n) is 3.09. The van der Waals surface area contributed by atoms with Gasteiger partial charge >= 0.3 is 0 Å². The van der Waals surface area contributed by atoms with Crippen LogP contribution in [-0.4, -0.2) is 15.9 Å². The quantitative estimate of drug-likeness (QED) is 0.617. The van der Waals surface area contributed by atoms with E-state index in [1.807, 2.05) is 24.3 Å². The molecular weight excluding hydrogens is 298 g/mol. The van der Waals surface area contributed by atoms with Crippen molar-refractivity contribution in [2.45, 2.75) is 5.92 Å². The summed E-state index contributed by atoms with van der Waals surface area (Å²) < 4.78 is 0. The highest BCUT2D eigenvalue weighted by Gasteiger charge is 2.25. The molecule has 0 radical (unpaired) electrons. The second-order valence-electron chi connectivity index (χ2n) is 5.72. The average Bonchev–Trinajstić information content (AvgIpc) is 2.79. The Morgan fingerprint density at radius 2 is 1.33 bits per heavy atom. The number of hydrogen-bond acceptors (Lipinski definition) is 3. The molecule has 0 spiro atoms. The maximum Gasteiger partial charge on any atom is 0.251 e. The summed E-state index contributed by atoms with van der Waals surface area (Å²) in [5.74, 6) is 0.0443. The second-order valence-corrected chi connectivity index (χ2v) is 5.72. The molecule has 4 rings (SSSR count). The summed E-state index contributed by atoms with van der Waals surface area (Å²) in [6.07, 6.45) is 7.22. The predicted molar refractivity (Wildman–Crippen MR) is 93.3 cm³/mol. The van der Waals surface area contributed by atoms with E-state index < -0.39 is 5.91 Å². The third-order valence-corrected chi connectivity index (χ3v) is 4.27. The lowest BCUT2D eigenvalue weighted by Crippen LogP contribution is -2.14. The number of aromatic nitrogens is 2. The van der Waals surface area contributed by atoms with Crippen molar-refractivity contribution in [2.24, 2.45) is 5.73 Å². The van der Waals surface area contributed by atoms with Gasteiger partial charge in [-0.1, -0.05) is 60.7 Å². The molecule has 2 aromatic carbocycles. The molecule has 1 aliphatic carbocycles. The Labute approximate surface area is 139 Å². The highest BCUT2D eigenvalue weighted by atomic mass is 16.1. The highest BCUT2D eigenvalue weighted by molar-refractivity contribution is 5.92. The number of benzene rings is 2. The maximum absolute atomic E-state index is 11.3. The summed E-state index contributed by atoms with van der Waals surface area (Å²) in [5, 5.41) is 0. The van der Waals surface area contributed by atoms with Crippen molar-refractivity contribution in [3.05, 3.63) is 94.6 Å². The first kappa shape index (κ1) is 14.3. The Hall–Kier alpha value is -3.27. The van der Waals surface area contributed by atoms with Crippen LogP contribution in [0.2, 0.25) is 0 Å². The number of carbonyl (C=O) groups is 1. The molecule has 0 fully saturated rings. The fourth-order valence-corrected chi connectivity index (χ4v) is 3.09. The fraction of sp³-hybridized carbons (Fsp3) is 0.0500. The van der Waals surface area contributed by atoms with Crippen LogP contribution in [-0.2, 0) is 0 Å². The molecule has 1 amide bonds. The maximum atomic E-state index is 11.3. The van der Waals surface area contributed by atoms with Gasteiger partial charge in [-0.2, -0.15) is 0 Å². The molecule has 3 aromatic rings. The molecule has 1 aliphatic rings. The van der Waals surface area contributed by atoms with Crippen LogP contribution in [0.15, 0.2) is 60.9 Å². The van der Waals surface area contributed by atoms with E-state index >= 15 is 0 Å². The Kier molecular flexibility index (Phi) is 3.43. The van der Waals surface area contributed by atoms with Gasteiger partial charge in [-0.05, 0) is 22.3 Å². The molecule has 1 heterocycles. The van der Waals surface area contributed by atoms with E-state index in [4.69, 9.17) is 5.73 Å². The van der Waals surface area contributed by atoms with Gasteiger partial charge in [0, 0.05) is 12.4 Å². The van der Waals surface area contributed by atoms with Gasteiger partial charge < -0.3 is 5.73 Å². The SMILES string of the molecule is NC(=O)c1cnc(C2c3ccccc3C=Cc3ccccc32)nc1. The number of nitrogens with two attached hydrogens (primary N) is 1. The zero-order chi connectivity index (χ0) is 16.5. The molecule has 1 aromatic heterocycles. The van der Waals surface area contributed by atoms with Gasteiger partial charge in [-0.15, -0.1) is 0 Å². The van der Waals surface area contributed by atoms with E-state index in [2.05, 4.69) is 46.4 Å². The van der Waals surface area contributed by atoms with E-state index in [-0.39, 0.29) is 5.92 Å². The standard InChI is InChI=1S/C20H15N3O/c21-19(24)15-11-22-20(23-12-15)18-16-7-3-1-5-13(16)9-10-14-6-2-4-8-17(14)18/h1-12,18H,(H2,21,24). The predicted octanol–water partition coefficient (Wildman–Crippen LogP) is 3.24. The molecule has 0 aliphatic heterocycles. The van der Waals surface area contributed by atoms with Crippen LogP contribution in [0.3, 0.4) is 0 Å². The largest absolute Gasteiger partial charge is 0.366 e. The summed E-state index contributed by atoms with van der Waals surface area (Å²) in [6, 6.07) is 16.4. The van der Waals surface area contributed by atoms with Crippen molar-refractivity contribution in [1.82, 2.24) is 9.97 Å². The monoisotopic (exact) mass is 313 g/mol. The lowest BCUT2D eigenvalue weighted by molar-refractivity contribution is 0.0999. The molecule has 4 heteroatoms. The van der Waals surface area contributed by atoms with Gasteiger partial charge in [-0.3, -0.25) is 4.79 Å². The molecule has 4 nitrogen and oxygen atoms in total. The molecule has 0 unspecified atom stereocenters. The Bertz CT molecular complexity index is 896. The van der Waals surface area contributed by atoms with Crippen molar-refractivity contribution < 1.29 is 4.79 Å². The van der Waals surface area contributed by atoms with Gasteiger partial charge in [-0.25, -0.2) is 9.97 Å². The Balaban J connectivity index is 1.93. The molecule has 0 saturated heterocycles. The minimum Gasteiger partial charge on any atom is -0.366 e. The van der Waals surface area contributed by atoms with Crippen molar-refractivity contribution in [1.29, 1.82) is 0 Å². The van der Waals surface area contributed by atoms with Crippen molar-refractivity contribution in [3.63, 3.8) is 0 Å². The lowest BCUT2D eigenvalue weighted by Gasteiger charge is -2.19. The third-order valence-electron chi connectivity index (χ3n) is 4.27. The number of rotatable bonds is 2. The van der Waals surface area contributed by atoms with Crippen LogP contribution in [0.1, 0.15) is 44.4 Å². The number of nitrogens with zero attached hydrogens (tertiary/aromatic N) is 2. The topological polar surface area (TPSA) is 68.9 Å². The van der Waals surface area contributed by atoms with Crippen molar-refractivity contribution >= 4 is 18.1 Å². The number of amides is 1. The van der Waals surface area contributed by atoms with Gasteiger partial charge in [0.2, 0.25) is 0 Å². The van der Waals surface area contributed by atoms with E-state index in [1.165, 1.54) is 12.4 Å². The average molecular weight is 313 g/mol. The Morgan fingerprint density at radius 1 is 0.833 bits per heavy atom. The molecule has 2 N–H and O–H groups in total. The van der Waals surface area contributed by atoms with Gasteiger partial charge in [0.15, 0.2) is 0 Å². The molecular formula is C20H15N3O. The molecule has 0 bridgehead atoms. The lowest BCUT2D eigenvalue weighted by atomic mass is 9.87. The van der Waals surface area contributed by atoms with Crippen molar-refractivity contribution in [2.75, 3.05) is 0 Å². The zero-order valence-corrected chi connectivity index (χ0v) is 12.9. The summed E-state index contributed by atoms with van der Waals surface area (Å²) >= 11 is 0. The van der Waals surface area contributed by atoms with E-state index in [1.54, 1.807) is 0 Å². The van der Waals surface area contributed by atoms with Gasteiger partial charge in [0.25, 0.3) is 5.91 Å². The van der Waals surface area contributed by atoms with Crippen LogP contribution < -0.4 is 5.73 Å². The first-order chi connectivity index (χ1) is 11.7. The summed E-state index contributed by atoms with van der Waals surface area (Å²) in [4.78, 5) is 20.1. The number of hydrogen-bond donors (Lipinski definition) is 1. The first-order valence-corrected chi connectivity index (χ1v) is 7.72.